The highest BCUT2D eigenvalue weighted by molar-refractivity contribution is 5.69. The van der Waals surface area contributed by atoms with Crippen LogP contribution in [-0.4, -0.2) is 61.9 Å². The van der Waals surface area contributed by atoms with Gasteiger partial charge in [-0.25, -0.2) is 9.59 Å². The average molecular weight is 242 g/mol. The Balaban J connectivity index is 2.34. The van der Waals surface area contributed by atoms with Crippen molar-refractivity contribution in [1.29, 1.82) is 0 Å². The van der Waals surface area contributed by atoms with E-state index >= 15 is 0 Å². The summed E-state index contributed by atoms with van der Waals surface area (Å²) in [4.78, 5) is 25.7. The third-order valence-corrected chi connectivity index (χ3v) is 2.36. The fraction of sp³-hybridized carbons (Fsp3) is 0.636. The van der Waals surface area contributed by atoms with Gasteiger partial charge in [-0.15, -0.1) is 0 Å². The van der Waals surface area contributed by atoms with Crippen molar-refractivity contribution < 1.29 is 19.1 Å². The van der Waals surface area contributed by atoms with Gasteiger partial charge >= 0.3 is 12.2 Å². The first-order valence-electron chi connectivity index (χ1n) is 5.45. The molecule has 0 aromatic heterocycles. The second-order valence-electron chi connectivity index (χ2n) is 4.00. The number of amides is 2. The number of likely N-dealkylation sites (tertiary alicyclic amines) is 1. The molecule has 0 aromatic carbocycles. The molecule has 0 aromatic rings. The second kappa shape index (κ2) is 6.12. The molecule has 0 aliphatic carbocycles. The van der Waals surface area contributed by atoms with Crippen molar-refractivity contribution in [2.24, 2.45) is 0 Å². The third kappa shape index (κ3) is 3.97. The van der Waals surface area contributed by atoms with E-state index in [9.17, 15) is 9.59 Å². The number of hydrogen-bond donors (Lipinski definition) is 0. The zero-order valence-corrected chi connectivity index (χ0v) is 10.2. The fourth-order valence-corrected chi connectivity index (χ4v) is 1.46. The van der Waals surface area contributed by atoms with Crippen LogP contribution in [0.15, 0.2) is 12.7 Å². The molecule has 1 rings (SSSR count). The lowest BCUT2D eigenvalue weighted by molar-refractivity contribution is 0.0736. The maximum atomic E-state index is 11.5. The van der Waals surface area contributed by atoms with Crippen LogP contribution in [0.3, 0.4) is 0 Å². The van der Waals surface area contributed by atoms with Gasteiger partial charge in [-0.05, 0) is 0 Å². The van der Waals surface area contributed by atoms with Crippen LogP contribution in [0.5, 0.6) is 0 Å². The number of ether oxygens (including phenoxy) is 2. The molecule has 0 spiro atoms. The van der Waals surface area contributed by atoms with Gasteiger partial charge in [-0.3, -0.25) is 0 Å². The Bertz CT molecular complexity index is 304. The maximum absolute atomic E-state index is 11.5. The molecule has 0 radical (unpaired) electrons. The summed E-state index contributed by atoms with van der Waals surface area (Å²) in [5, 5.41) is 0. The standard InChI is InChI=1S/C11H18N2O4/c1-4-7-16-11(15)13-6-5-9(8-13)17-10(14)12(2)3/h4,9H,1,5-8H2,2-3H3. The number of rotatable bonds is 3. The Kier molecular flexibility index (Phi) is 4.81. The van der Waals surface area contributed by atoms with E-state index in [0.29, 0.717) is 19.5 Å². The summed E-state index contributed by atoms with van der Waals surface area (Å²) < 4.78 is 10.1. The molecule has 2 amide bonds. The molecule has 1 saturated heterocycles. The first kappa shape index (κ1) is 13.3. The van der Waals surface area contributed by atoms with Crippen molar-refractivity contribution in [3.8, 4) is 0 Å². The molecule has 1 aliphatic heterocycles. The maximum Gasteiger partial charge on any atom is 0.410 e. The lowest BCUT2D eigenvalue weighted by Crippen LogP contribution is -2.33. The molecule has 1 fully saturated rings. The summed E-state index contributed by atoms with van der Waals surface area (Å²) in [5.41, 5.74) is 0. The highest BCUT2D eigenvalue weighted by Crippen LogP contribution is 2.14. The minimum absolute atomic E-state index is 0.192. The monoisotopic (exact) mass is 242 g/mol. The second-order valence-corrected chi connectivity index (χ2v) is 4.00. The van der Waals surface area contributed by atoms with Crippen molar-refractivity contribution in [2.75, 3.05) is 33.8 Å². The van der Waals surface area contributed by atoms with Gasteiger partial charge in [0.25, 0.3) is 0 Å². The van der Waals surface area contributed by atoms with E-state index in [1.165, 1.54) is 15.9 Å². The van der Waals surface area contributed by atoms with Crippen LogP contribution in [0.2, 0.25) is 0 Å². The Morgan fingerprint density at radius 1 is 1.53 bits per heavy atom. The van der Waals surface area contributed by atoms with Crippen LogP contribution < -0.4 is 0 Å². The summed E-state index contributed by atoms with van der Waals surface area (Å²) >= 11 is 0. The van der Waals surface area contributed by atoms with E-state index in [1.807, 2.05) is 0 Å². The van der Waals surface area contributed by atoms with Gasteiger partial charge in [0.05, 0.1) is 6.54 Å². The van der Waals surface area contributed by atoms with Gasteiger partial charge in [-0.2, -0.15) is 0 Å². The lowest BCUT2D eigenvalue weighted by Gasteiger charge is -2.17. The summed E-state index contributed by atoms with van der Waals surface area (Å²) in [6.07, 6.45) is 1.12. The Hall–Kier alpha value is -1.72. The topological polar surface area (TPSA) is 59.1 Å². The summed E-state index contributed by atoms with van der Waals surface area (Å²) in [6.45, 7) is 4.58. The Morgan fingerprint density at radius 3 is 2.82 bits per heavy atom. The zero-order chi connectivity index (χ0) is 12.8. The molecule has 0 bridgehead atoms. The van der Waals surface area contributed by atoms with Crippen LogP contribution in [0.25, 0.3) is 0 Å². The molecular weight excluding hydrogens is 224 g/mol. The Morgan fingerprint density at radius 2 is 2.24 bits per heavy atom. The van der Waals surface area contributed by atoms with Crippen LogP contribution in [-0.2, 0) is 9.47 Å². The largest absolute Gasteiger partial charge is 0.445 e. The van der Waals surface area contributed by atoms with Gasteiger partial charge in [0.2, 0.25) is 0 Å². The predicted octanol–water partition coefficient (Wildman–Crippen LogP) is 1.08. The lowest BCUT2D eigenvalue weighted by atomic mass is 10.3. The number of hydrogen-bond acceptors (Lipinski definition) is 4. The first-order chi connectivity index (χ1) is 8.04. The molecular formula is C11H18N2O4. The summed E-state index contributed by atoms with van der Waals surface area (Å²) in [6, 6.07) is 0. The molecule has 96 valence electrons. The van der Waals surface area contributed by atoms with E-state index in [2.05, 4.69) is 6.58 Å². The molecule has 6 heteroatoms. The van der Waals surface area contributed by atoms with Crippen molar-refractivity contribution >= 4 is 12.2 Å². The number of nitrogens with zero attached hydrogens (tertiary/aromatic N) is 2. The van der Waals surface area contributed by atoms with Crippen LogP contribution in [0.1, 0.15) is 6.42 Å². The molecule has 0 N–H and O–H groups in total. The molecule has 1 atom stereocenters. The minimum Gasteiger partial charge on any atom is -0.445 e. The number of carbonyl (C=O) groups excluding carboxylic acids is 2. The first-order valence-corrected chi connectivity index (χ1v) is 5.45. The van der Waals surface area contributed by atoms with Gasteiger partial charge < -0.3 is 19.3 Å². The third-order valence-electron chi connectivity index (χ3n) is 2.36. The van der Waals surface area contributed by atoms with Gasteiger partial charge in [0.1, 0.15) is 12.7 Å². The van der Waals surface area contributed by atoms with E-state index in [4.69, 9.17) is 9.47 Å². The highest BCUT2D eigenvalue weighted by Gasteiger charge is 2.29. The minimum atomic E-state index is -0.395. The summed E-state index contributed by atoms with van der Waals surface area (Å²) in [7, 11) is 3.24. The smallest absolute Gasteiger partial charge is 0.410 e. The number of carbonyl (C=O) groups is 2. The van der Waals surface area contributed by atoms with Crippen molar-refractivity contribution in [3.05, 3.63) is 12.7 Å². The molecule has 1 aliphatic rings. The SMILES string of the molecule is C=CCOC(=O)N1CCC(OC(=O)N(C)C)C1. The quantitative estimate of drug-likeness (QED) is 0.695. The van der Waals surface area contributed by atoms with Crippen LogP contribution in [0, 0.1) is 0 Å². The highest BCUT2D eigenvalue weighted by atomic mass is 16.6. The van der Waals surface area contributed by atoms with Gasteiger partial charge in [0.15, 0.2) is 0 Å². The zero-order valence-electron chi connectivity index (χ0n) is 10.2. The average Bonchev–Trinajstić information content (AvgIpc) is 2.74. The molecule has 6 nitrogen and oxygen atoms in total. The van der Waals surface area contributed by atoms with Crippen LogP contribution in [0.4, 0.5) is 9.59 Å². The van der Waals surface area contributed by atoms with Crippen molar-refractivity contribution in [1.82, 2.24) is 9.80 Å². The molecule has 0 saturated carbocycles. The molecule has 1 heterocycles. The van der Waals surface area contributed by atoms with Gasteiger partial charge in [0, 0.05) is 27.1 Å². The van der Waals surface area contributed by atoms with Crippen LogP contribution >= 0.6 is 0 Å². The van der Waals surface area contributed by atoms with Crippen molar-refractivity contribution in [3.63, 3.8) is 0 Å². The van der Waals surface area contributed by atoms with E-state index in [1.54, 1.807) is 14.1 Å². The molecule has 17 heavy (non-hydrogen) atoms. The van der Waals surface area contributed by atoms with E-state index < -0.39 is 12.2 Å². The van der Waals surface area contributed by atoms with E-state index in [-0.39, 0.29) is 12.7 Å². The van der Waals surface area contributed by atoms with E-state index in [0.717, 1.165) is 0 Å². The predicted molar refractivity (Wildman–Crippen MR) is 61.7 cm³/mol. The summed E-state index contributed by atoms with van der Waals surface area (Å²) in [5.74, 6) is 0. The van der Waals surface area contributed by atoms with Gasteiger partial charge in [-0.1, -0.05) is 12.7 Å². The molecule has 1 unspecified atom stereocenters. The normalized spacial score (nSPS) is 18.7. The fourth-order valence-electron chi connectivity index (χ4n) is 1.46. The Labute approximate surface area is 101 Å². The van der Waals surface area contributed by atoms with Crippen molar-refractivity contribution in [2.45, 2.75) is 12.5 Å².